The molecule has 0 atom stereocenters. The maximum absolute atomic E-state index is 12.6. The first-order chi connectivity index (χ1) is 15.9. The molecule has 1 aromatic heterocycles. The fourth-order valence-corrected chi connectivity index (χ4v) is 3.41. The van der Waals surface area contributed by atoms with Crippen molar-refractivity contribution in [2.24, 2.45) is 5.10 Å². The van der Waals surface area contributed by atoms with Crippen molar-refractivity contribution in [3.05, 3.63) is 98.8 Å². The van der Waals surface area contributed by atoms with Crippen LogP contribution in [0, 0.1) is 10.1 Å². The van der Waals surface area contributed by atoms with Crippen molar-refractivity contribution in [3.63, 3.8) is 0 Å². The summed E-state index contributed by atoms with van der Waals surface area (Å²) in [5.74, 6) is -0.899. The van der Waals surface area contributed by atoms with Crippen LogP contribution < -0.4 is 10.5 Å². The Labute approximate surface area is 195 Å². The standard InChI is InChI=1S/C22H15BrN6O4/c23-18-12-17(29(32)33)11-15(19(18)30)13-24-26-22(31)20-25-21(14-7-3-1-4-8-14)28(27-20)16-9-5-2-6-10-16/h1-13,30H,(H,26,31)/p-1. The normalized spacial score (nSPS) is 10.9. The lowest BCUT2D eigenvalue weighted by Gasteiger charge is -2.11. The van der Waals surface area contributed by atoms with E-state index in [4.69, 9.17) is 0 Å². The Kier molecular flexibility index (Phi) is 6.22. The highest BCUT2D eigenvalue weighted by Gasteiger charge is 2.18. The van der Waals surface area contributed by atoms with Crippen molar-refractivity contribution in [1.29, 1.82) is 0 Å². The molecule has 0 aliphatic heterocycles. The zero-order chi connectivity index (χ0) is 23.4. The van der Waals surface area contributed by atoms with Gasteiger partial charge in [-0.1, -0.05) is 70.2 Å². The van der Waals surface area contributed by atoms with Crippen LogP contribution in [0.15, 0.2) is 82.4 Å². The molecule has 1 heterocycles. The van der Waals surface area contributed by atoms with Gasteiger partial charge in [-0.25, -0.2) is 15.1 Å². The maximum atomic E-state index is 12.6. The Morgan fingerprint density at radius 3 is 2.42 bits per heavy atom. The lowest BCUT2D eigenvalue weighted by atomic mass is 10.2. The van der Waals surface area contributed by atoms with E-state index < -0.39 is 16.6 Å². The summed E-state index contributed by atoms with van der Waals surface area (Å²) in [5, 5.41) is 31.2. The minimum Gasteiger partial charge on any atom is -0.871 e. The first kappa shape index (κ1) is 21.8. The molecule has 10 nitrogen and oxygen atoms in total. The molecule has 0 saturated heterocycles. The van der Waals surface area contributed by atoms with Gasteiger partial charge in [-0.2, -0.15) is 5.10 Å². The highest BCUT2D eigenvalue weighted by molar-refractivity contribution is 9.10. The van der Waals surface area contributed by atoms with Crippen molar-refractivity contribution in [3.8, 4) is 22.8 Å². The summed E-state index contributed by atoms with van der Waals surface area (Å²) in [5.41, 5.74) is 3.37. The van der Waals surface area contributed by atoms with Crippen LogP contribution in [-0.2, 0) is 0 Å². The van der Waals surface area contributed by atoms with Crippen molar-refractivity contribution in [2.45, 2.75) is 0 Å². The van der Waals surface area contributed by atoms with E-state index in [2.05, 4.69) is 36.5 Å². The summed E-state index contributed by atoms with van der Waals surface area (Å²) in [6.45, 7) is 0. The number of non-ortho nitro benzene ring substituents is 1. The number of hydrogen-bond donors (Lipinski definition) is 1. The minimum atomic E-state index is -0.713. The lowest BCUT2D eigenvalue weighted by molar-refractivity contribution is -0.385. The molecule has 0 bridgehead atoms. The van der Waals surface area contributed by atoms with Crippen LogP contribution in [0.2, 0.25) is 0 Å². The summed E-state index contributed by atoms with van der Waals surface area (Å²) in [6, 6.07) is 20.6. The lowest BCUT2D eigenvalue weighted by Crippen LogP contribution is -2.19. The first-order valence-corrected chi connectivity index (χ1v) is 10.3. The number of rotatable bonds is 6. The molecule has 0 radical (unpaired) electrons. The van der Waals surface area contributed by atoms with E-state index >= 15 is 0 Å². The van der Waals surface area contributed by atoms with E-state index in [0.29, 0.717) is 11.5 Å². The number of hydrogen-bond acceptors (Lipinski definition) is 7. The van der Waals surface area contributed by atoms with E-state index in [1.54, 1.807) is 4.68 Å². The summed E-state index contributed by atoms with van der Waals surface area (Å²) in [4.78, 5) is 27.4. The number of carbonyl (C=O) groups is 1. The Hall–Kier alpha value is -4.38. The molecule has 33 heavy (non-hydrogen) atoms. The third kappa shape index (κ3) is 4.77. The van der Waals surface area contributed by atoms with Gasteiger partial charge in [-0.05, 0) is 17.7 Å². The van der Waals surface area contributed by atoms with Gasteiger partial charge in [0.25, 0.3) is 5.69 Å². The van der Waals surface area contributed by atoms with Crippen LogP contribution in [0.3, 0.4) is 0 Å². The van der Waals surface area contributed by atoms with E-state index in [1.165, 1.54) is 0 Å². The number of para-hydroxylation sites is 1. The Balaban J connectivity index is 1.62. The molecule has 0 saturated carbocycles. The van der Waals surface area contributed by atoms with Crippen LogP contribution >= 0.6 is 15.9 Å². The van der Waals surface area contributed by atoms with Crippen LogP contribution in [0.5, 0.6) is 5.75 Å². The van der Waals surface area contributed by atoms with E-state index in [9.17, 15) is 20.0 Å². The van der Waals surface area contributed by atoms with Crippen LogP contribution in [0.25, 0.3) is 17.1 Å². The Morgan fingerprint density at radius 2 is 1.76 bits per heavy atom. The minimum absolute atomic E-state index is 0.0141. The van der Waals surface area contributed by atoms with Crippen molar-refractivity contribution in [1.82, 2.24) is 20.2 Å². The molecule has 0 aliphatic rings. The molecule has 4 rings (SSSR count). The van der Waals surface area contributed by atoms with Gasteiger partial charge in [0.2, 0.25) is 5.82 Å². The first-order valence-electron chi connectivity index (χ1n) is 9.50. The van der Waals surface area contributed by atoms with Gasteiger partial charge in [0.05, 0.1) is 16.8 Å². The summed E-state index contributed by atoms with van der Waals surface area (Å²) in [6.07, 6.45) is 1.03. The van der Waals surface area contributed by atoms with Gasteiger partial charge in [0.15, 0.2) is 5.82 Å². The number of amides is 1. The molecule has 164 valence electrons. The van der Waals surface area contributed by atoms with Gasteiger partial charge in [0, 0.05) is 22.2 Å². The van der Waals surface area contributed by atoms with Crippen molar-refractivity contribution < 1.29 is 14.8 Å². The average molecular weight is 506 g/mol. The SMILES string of the molecule is O=C(NN=Cc1cc([N+](=O)[O-])cc(Br)c1[O-])c1nc(-c2ccccc2)n(-c2ccccc2)n1. The summed E-state index contributed by atoms with van der Waals surface area (Å²) < 4.78 is 1.56. The fourth-order valence-electron chi connectivity index (χ4n) is 2.94. The zero-order valence-corrected chi connectivity index (χ0v) is 18.3. The molecular formula is C22H14BrN6O4-. The zero-order valence-electron chi connectivity index (χ0n) is 16.8. The van der Waals surface area contributed by atoms with Crippen molar-refractivity contribution >= 4 is 33.7 Å². The highest BCUT2D eigenvalue weighted by atomic mass is 79.9. The quantitative estimate of drug-likeness (QED) is 0.242. The third-order valence-electron chi connectivity index (χ3n) is 4.48. The third-order valence-corrected chi connectivity index (χ3v) is 5.07. The molecular weight excluding hydrogens is 492 g/mol. The van der Waals surface area contributed by atoms with E-state index in [1.807, 2.05) is 60.7 Å². The predicted molar refractivity (Wildman–Crippen MR) is 122 cm³/mol. The number of halogens is 1. The number of nitro groups is 1. The number of nitrogens with zero attached hydrogens (tertiary/aromatic N) is 5. The van der Waals surface area contributed by atoms with E-state index in [0.717, 1.165) is 23.9 Å². The molecule has 0 spiro atoms. The van der Waals surface area contributed by atoms with Crippen LogP contribution in [0.4, 0.5) is 5.69 Å². The molecule has 4 aromatic rings. The fraction of sp³-hybridized carbons (Fsp3) is 0. The average Bonchev–Trinajstić information content (AvgIpc) is 3.28. The largest absolute Gasteiger partial charge is 0.871 e. The molecule has 1 N–H and O–H groups in total. The topological polar surface area (TPSA) is 138 Å². The number of carbonyl (C=O) groups excluding carboxylic acids is 1. The second kappa shape index (κ2) is 9.40. The monoisotopic (exact) mass is 505 g/mol. The summed E-state index contributed by atoms with van der Waals surface area (Å²) >= 11 is 2.99. The predicted octanol–water partition coefficient (Wildman–Crippen LogP) is 3.44. The van der Waals surface area contributed by atoms with Gasteiger partial charge in [-0.3, -0.25) is 14.9 Å². The molecule has 0 unspecified atom stereocenters. The molecule has 3 aromatic carbocycles. The number of hydrazone groups is 1. The van der Waals surface area contributed by atoms with Crippen molar-refractivity contribution in [2.75, 3.05) is 0 Å². The molecule has 11 heteroatoms. The van der Waals surface area contributed by atoms with Crippen LogP contribution in [0.1, 0.15) is 16.2 Å². The van der Waals surface area contributed by atoms with Gasteiger partial charge < -0.3 is 5.11 Å². The summed E-state index contributed by atoms with van der Waals surface area (Å²) in [7, 11) is 0. The van der Waals surface area contributed by atoms with E-state index in [-0.39, 0.29) is 21.5 Å². The highest BCUT2D eigenvalue weighted by Crippen LogP contribution is 2.29. The smallest absolute Gasteiger partial charge is 0.311 e. The number of benzene rings is 3. The van der Waals surface area contributed by atoms with Gasteiger partial charge >= 0.3 is 5.91 Å². The second-order valence-corrected chi connectivity index (χ2v) is 7.53. The maximum Gasteiger partial charge on any atom is 0.311 e. The number of aromatic nitrogens is 3. The number of nitrogens with one attached hydrogen (secondary N) is 1. The van der Waals surface area contributed by atoms with Gasteiger partial charge in [-0.15, -0.1) is 5.10 Å². The van der Waals surface area contributed by atoms with Gasteiger partial charge in [0.1, 0.15) is 0 Å². The second-order valence-electron chi connectivity index (χ2n) is 6.67. The molecule has 1 amide bonds. The Bertz CT molecular complexity index is 1300. The molecule has 0 aliphatic carbocycles. The Morgan fingerprint density at radius 1 is 1.09 bits per heavy atom. The number of nitro benzene ring substituents is 1. The van der Waals surface area contributed by atoms with Crippen LogP contribution in [-0.4, -0.2) is 31.8 Å². The molecule has 0 fully saturated rings.